The quantitative estimate of drug-likeness (QED) is 0.417. The summed E-state index contributed by atoms with van der Waals surface area (Å²) in [5.74, 6) is 1.44. The second kappa shape index (κ2) is 9.45. The molecule has 0 spiro atoms. The summed E-state index contributed by atoms with van der Waals surface area (Å²) in [5.41, 5.74) is 1.84. The van der Waals surface area contributed by atoms with Gasteiger partial charge in [0.2, 0.25) is 0 Å². The second-order valence-corrected chi connectivity index (χ2v) is 6.74. The Morgan fingerprint density at radius 2 is 1.59 bits per heavy atom. The minimum absolute atomic E-state index is 0.276. The zero-order chi connectivity index (χ0) is 19.1. The van der Waals surface area contributed by atoms with E-state index in [1.165, 1.54) is 0 Å². The predicted molar refractivity (Wildman–Crippen MR) is 108 cm³/mol. The smallest absolute Gasteiger partial charge is 0.130 e. The summed E-state index contributed by atoms with van der Waals surface area (Å²) >= 11 is 11.9. The molecule has 3 rings (SSSR count). The molecule has 3 nitrogen and oxygen atoms in total. The van der Waals surface area contributed by atoms with Gasteiger partial charge in [0.25, 0.3) is 0 Å². The lowest BCUT2D eigenvalue weighted by atomic mass is 10.1. The van der Waals surface area contributed by atoms with Crippen LogP contribution in [0.5, 0.6) is 11.5 Å². The second-order valence-electron chi connectivity index (χ2n) is 5.93. The fourth-order valence-corrected chi connectivity index (χ4v) is 2.90. The Morgan fingerprint density at radius 1 is 0.852 bits per heavy atom. The number of halogens is 2. The first-order chi connectivity index (χ1) is 13.2. The van der Waals surface area contributed by atoms with Crippen LogP contribution in [0.1, 0.15) is 23.7 Å². The van der Waals surface area contributed by atoms with E-state index in [1.54, 1.807) is 12.1 Å². The fourth-order valence-electron chi connectivity index (χ4n) is 2.58. The summed E-state index contributed by atoms with van der Waals surface area (Å²) in [6.45, 7) is 0.383. The molecule has 0 saturated heterocycles. The van der Waals surface area contributed by atoms with Crippen molar-refractivity contribution in [3.63, 3.8) is 0 Å². The summed E-state index contributed by atoms with van der Waals surface area (Å²) in [7, 11) is 0. The van der Waals surface area contributed by atoms with Gasteiger partial charge < -0.3 is 14.3 Å². The van der Waals surface area contributed by atoms with Gasteiger partial charge in [-0.25, -0.2) is 0 Å². The number of para-hydroxylation sites is 1. The van der Waals surface area contributed by atoms with Crippen molar-refractivity contribution in [2.24, 2.45) is 0 Å². The summed E-state index contributed by atoms with van der Waals surface area (Å²) in [6.07, 6.45) is 0.801. The number of aldehydes is 1. The van der Waals surface area contributed by atoms with Gasteiger partial charge >= 0.3 is 0 Å². The highest BCUT2D eigenvalue weighted by Crippen LogP contribution is 2.27. The molecule has 1 atom stereocenters. The first-order valence-electron chi connectivity index (χ1n) is 8.48. The largest absolute Gasteiger partial charge is 0.489 e. The van der Waals surface area contributed by atoms with E-state index >= 15 is 0 Å². The van der Waals surface area contributed by atoms with E-state index in [0.29, 0.717) is 16.7 Å². The highest BCUT2D eigenvalue weighted by atomic mass is 35.5. The van der Waals surface area contributed by atoms with Gasteiger partial charge in [-0.1, -0.05) is 59.6 Å². The van der Waals surface area contributed by atoms with Crippen LogP contribution < -0.4 is 9.47 Å². The number of carbonyl (C=O) groups excluding carboxylic acids is 1. The Labute approximate surface area is 168 Å². The SMILES string of the molecule is O=CC[C@H](Oc1ccccc1)c1ccc(OCc2ccc(Cl)c(Cl)c2)cc1. The van der Waals surface area contributed by atoms with Gasteiger partial charge in [0, 0.05) is 6.42 Å². The Kier molecular flexibility index (Phi) is 6.74. The highest BCUT2D eigenvalue weighted by Gasteiger charge is 2.13. The molecule has 0 aliphatic heterocycles. The zero-order valence-electron chi connectivity index (χ0n) is 14.5. The van der Waals surface area contributed by atoms with E-state index in [9.17, 15) is 4.79 Å². The van der Waals surface area contributed by atoms with E-state index in [2.05, 4.69) is 0 Å². The van der Waals surface area contributed by atoms with Crippen LogP contribution in [0, 0.1) is 0 Å². The molecule has 3 aromatic rings. The molecule has 0 aliphatic carbocycles. The normalized spacial score (nSPS) is 11.6. The van der Waals surface area contributed by atoms with Gasteiger partial charge in [-0.2, -0.15) is 0 Å². The molecule has 3 aromatic carbocycles. The van der Waals surface area contributed by atoms with E-state index in [4.69, 9.17) is 32.7 Å². The molecule has 27 heavy (non-hydrogen) atoms. The number of ether oxygens (including phenoxy) is 2. The maximum atomic E-state index is 11.0. The number of hydrogen-bond donors (Lipinski definition) is 0. The van der Waals surface area contributed by atoms with E-state index < -0.39 is 0 Å². The summed E-state index contributed by atoms with van der Waals surface area (Å²) in [5, 5.41) is 1.02. The molecule has 0 bridgehead atoms. The molecule has 0 amide bonds. The van der Waals surface area contributed by atoms with Crippen LogP contribution in [-0.2, 0) is 11.4 Å². The van der Waals surface area contributed by atoms with Crippen LogP contribution in [0.4, 0.5) is 0 Å². The summed E-state index contributed by atoms with van der Waals surface area (Å²) < 4.78 is 11.7. The van der Waals surface area contributed by atoms with Crippen molar-refractivity contribution in [2.75, 3.05) is 0 Å². The molecule has 5 heteroatoms. The molecule has 0 aliphatic rings. The maximum Gasteiger partial charge on any atom is 0.130 e. The van der Waals surface area contributed by atoms with Crippen LogP contribution in [-0.4, -0.2) is 6.29 Å². The van der Waals surface area contributed by atoms with E-state index in [-0.39, 0.29) is 12.5 Å². The van der Waals surface area contributed by atoms with Crippen molar-refractivity contribution in [1.29, 1.82) is 0 Å². The summed E-state index contributed by atoms with van der Waals surface area (Å²) in [4.78, 5) is 11.0. The van der Waals surface area contributed by atoms with E-state index in [0.717, 1.165) is 28.9 Å². The summed E-state index contributed by atoms with van der Waals surface area (Å²) in [6, 6.07) is 22.4. The number of rotatable bonds is 8. The minimum atomic E-state index is -0.339. The first kappa shape index (κ1) is 19.3. The van der Waals surface area contributed by atoms with Gasteiger partial charge in [-0.05, 0) is 47.5 Å². The van der Waals surface area contributed by atoms with Crippen molar-refractivity contribution in [2.45, 2.75) is 19.1 Å². The van der Waals surface area contributed by atoms with Crippen LogP contribution in [0.15, 0.2) is 72.8 Å². The van der Waals surface area contributed by atoms with Gasteiger partial charge in [-0.3, -0.25) is 0 Å². The zero-order valence-corrected chi connectivity index (χ0v) is 16.0. The molecule has 0 heterocycles. The molecule has 0 aromatic heterocycles. The lowest BCUT2D eigenvalue weighted by Crippen LogP contribution is -2.08. The van der Waals surface area contributed by atoms with Crippen molar-refractivity contribution in [3.05, 3.63) is 94.0 Å². The molecule has 0 saturated carbocycles. The highest BCUT2D eigenvalue weighted by molar-refractivity contribution is 6.42. The number of carbonyl (C=O) groups is 1. The Morgan fingerprint density at radius 3 is 2.26 bits per heavy atom. The van der Waals surface area contributed by atoms with Crippen molar-refractivity contribution in [3.8, 4) is 11.5 Å². The van der Waals surface area contributed by atoms with Crippen LogP contribution in [0.25, 0.3) is 0 Å². The Hall–Kier alpha value is -2.49. The third-order valence-corrected chi connectivity index (χ3v) is 4.71. The average molecular weight is 401 g/mol. The lowest BCUT2D eigenvalue weighted by Gasteiger charge is -2.18. The maximum absolute atomic E-state index is 11.0. The third kappa shape index (κ3) is 5.49. The average Bonchev–Trinajstić information content (AvgIpc) is 2.70. The van der Waals surface area contributed by atoms with Crippen LogP contribution >= 0.6 is 23.2 Å². The molecule has 0 N–H and O–H groups in total. The number of benzene rings is 3. The van der Waals surface area contributed by atoms with Crippen molar-refractivity contribution >= 4 is 29.5 Å². The molecular formula is C22H18Cl2O3. The molecular weight excluding hydrogens is 383 g/mol. The van der Waals surface area contributed by atoms with Gasteiger partial charge in [0.15, 0.2) is 0 Å². The number of hydrogen-bond acceptors (Lipinski definition) is 3. The first-order valence-corrected chi connectivity index (χ1v) is 9.23. The van der Waals surface area contributed by atoms with Gasteiger partial charge in [-0.15, -0.1) is 0 Å². The van der Waals surface area contributed by atoms with Crippen LogP contribution in [0.2, 0.25) is 10.0 Å². The van der Waals surface area contributed by atoms with Crippen molar-refractivity contribution < 1.29 is 14.3 Å². The topological polar surface area (TPSA) is 35.5 Å². The standard InChI is InChI=1S/C22H18Cl2O3/c23-20-11-6-16(14-21(20)24)15-26-18-9-7-17(8-10-18)22(12-13-25)27-19-4-2-1-3-5-19/h1-11,13-14,22H,12,15H2/t22-/m0/s1. The predicted octanol–water partition coefficient (Wildman–Crippen LogP) is 6.28. The fraction of sp³-hybridized carbons (Fsp3) is 0.136. The lowest BCUT2D eigenvalue weighted by molar-refractivity contribution is -0.109. The molecule has 0 radical (unpaired) electrons. The minimum Gasteiger partial charge on any atom is -0.489 e. The van der Waals surface area contributed by atoms with Gasteiger partial charge in [0.05, 0.1) is 10.0 Å². The molecule has 138 valence electrons. The van der Waals surface area contributed by atoms with Crippen molar-refractivity contribution in [1.82, 2.24) is 0 Å². The Balaban J connectivity index is 1.65. The molecule has 0 fully saturated rings. The Bertz CT molecular complexity index is 880. The van der Waals surface area contributed by atoms with E-state index in [1.807, 2.05) is 60.7 Å². The van der Waals surface area contributed by atoms with Gasteiger partial charge in [0.1, 0.15) is 30.5 Å². The third-order valence-electron chi connectivity index (χ3n) is 3.97. The van der Waals surface area contributed by atoms with Crippen LogP contribution in [0.3, 0.4) is 0 Å². The molecule has 0 unspecified atom stereocenters. The monoisotopic (exact) mass is 400 g/mol.